The summed E-state index contributed by atoms with van der Waals surface area (Å²) in [6.45, 7) is 7.72. The number of rotatable bonds is 5. The van der Waals surface area contributed by atoms with Crippen molar-refractivity contribution in [1.82, 2.24) is 5.32 Å². The van der Waals surface area contributed by atoms with Gasteiger partial charge in [0.15, 0.2) is 0 Å². The summed E-state index contributed by atoms with van der Waals surface area (Å²) in [6, 6.07) is 10.3. The third kappa shape index (κ3) is 4.24. The van der Waals surface area contributed by atoms with Gasteiger partial charge in [-0.2, -0.15) is 0 Å². The summed E-state index contributed by atoms with van der Waals surface area (Å²) in [7, 11) is 2.25. The molecular formula is C18H30N2. The third-order valence-corrected chi connectivity index (χ3v) is 4.51. The molecule has 1 fully saturated rings. The van der Waals surface area contributed by atoms with Crippen LogP contribution in [0.15, 0.2) is 24.3 Å². The molecule has 0 heterocycles. The maximum Gasteiger partial charge on any atom is 0.0366 e. The Kier molecular flexibility index (Phi) is 5.47. The van der Waals surface area contributed by atoms with E-state index in [2.05, 4.69) is 62.3 Å². The van der Waals surface area contributed by atoms with Gasteiger partial charge in [-0.1, -0.05) is 45.7 Å². The second-order valence-corrected chi connectivity index (χ2v) is 6.74. The molecule has 112 valence electrons. The van der Waals surface area contributed by atoms with Crippen LogP contribution in [0.5, 0.6) is 0 Å². The fourth-order valence-electron chi connectivity index (χ4n) is 3.14. The van der Waals surface area contributed by atoms with E-state index in [1.54, 1.807) is 0 Å². The average Bonchev–Trinajstić information content (AvgIpc) is 2.45. The maximum absolute atomic E-state index is 3.47. The van der Waals surface area contributed by atoms with Crippen molar-refractivity contribution in [2.45, 2.75) is 65.1 Å². The molecular weight excluding hydrogens is 244 g/mol. The van der Waals surface area contributed by atoms with Gasteiger partial charge in [0, 0.05) is 31.4 Å². The van der Waals surface area contributed by atoms with Crippen molar-refractivity contribution < 1.29 is 0 Å². The van der Waals surface area contributed by atoms with E-state index in [4.69, 9.17) is 0 Å². The highest BCUT2D eigenvalue weighted by atomic mass is 15.1. The predicted octanol–water partition coefficient (Wildman–Crippen LogP) is 4.20. The summed E-state index contributed by atoms with van der Waals surface area (Å²) in [6.07, 6.45) is 5.47. The first kappa shape index (κ1) is 15.4. The van der Waals surface area contributed by atoms with E-state index >= 15 is 0 Å². The first-order valence-corrected chi connectivity index (χ1v) is 8.11. The topological polar surface area (TPSA) is 15.3 Å². The molecule has 0 saturated heterocycles. The monoisotopic (exact) mass is 274 g/mol. The minimum absolute atomic E-state index is 0.543. The molecule has 2 unspecified atom stereocenters. The lowest BCUT2D eigenvalue weighted by molar-refractivity contribution is 0.336. The van der Waals surface area contributed by atoms with Crippen LogP contribution in [-0.2, 0) is 6.54 Å². The molecule has 2 nitrogen and oxygen atoms in total. The lowest BCUT2D eigenvalue weighted by Gasteiger charge is -2.35. The number of hydrogen-bond donors (Lipinski definition) is 1. The van der Waals surface area contributed by atoms with Crippen molar-refractivity contribution in [2.75, 3.05) is 11.9 Å². The van der Waals surface area contributed by atoms with Crippen molar-refractivity contribution in [3.8, 4) is 0 Å². The maximum atomic E-state index is 3.47. The van der Waals surface area contributed by atoms with Gasteiger partial charge in [-0.3, -0.25) is 0 Å². The van der Waals surface area contributed by atoms with E-state index in [1.165, 1.54) is 36.9 Å². The molecule has 0 radical (unpaired) electrons. The SMILES string of the molecule is CC1CCCC(N(C)c2ccc(CNC(C)C)cc2)C1. The summed E-state index contributed by atoms with van der Waals surface area (Å²) in [5.41, 5.74) is 2.73. The van der Waals surface area contributed by atoms with E-state index in [0.29, 0.717) is 6.04 Å². The molecule has 0 spiro atoms. The normalized spacial score (nSPS) is 23.1. The van der Waals surface area contributed by atoms with Gasteiger partial charge in [0.05, 0.1) is 0 Å². The average molecular weight is 274 g/mol. The minimum Gasteiger partial charge on any atom is -0.372 e. The van der Waals surface area contributed by atoms with E-state index in [-0.39, 0.29) is 0 Å². The first-order chi connectivity index (χ1) is 9.56. The Hall–Kier alpha value is -1.02. The van der Waals surface area contributed by atoms with Crippen LogP contribution < -0.4 is 10.2 Å². The summed E-state index contributed by atoms with van der Waals surface area (Å²) in [5, 5.41) is 3.47. The molecule has 0 bridgehead atoms. The van der Waals surface area contributed by atoms with Gasteiger partial charge in [0.1, 0.15) is 0 Å². The fraction of sp³-hybridized carbons (Fsp3) is 0.667. The van der Waals surface area contributed by atoms with Crippen LogP contribution in [0, 0.1) is 5.92 Å². The predicted molar refractivity (Wildman–Crippen MR) is 88.2 cm³/mol. The lowest BCUT2D eigenvalue weighted by Crippen LogP contribution is -2.35. The van der Waals surface area contributed by atoms with Crippen LogP contribution in [-0.4, -0.2) is 19.1 Å². The lowest BCUT2D eigenvalue weighted by atomic mass is 9.86. The van der Waals surface area contributed by atoms with Gasteiger partial charge in [-0.05, 0) is 36.5 Å². The van der Waals surface area contributed by atoms with Gasteiger partial charge in [0.25, 0.3) is 0 Å². The van der Waals surface area contributed by atoms with E-state index in [1.807, 2.05) is 0 Å². The molecule has 2 heteroatoms. The Morgan fingerprint density at radius 1 is 1.20 bits per heavy atom. The van der Waals surface area contributed by atoms with Crippen LogP contribution in [0.3, 0.4) is 0 Å². The van der Waals surface area contributed by atoms with Crippen LogP contribution in [0.2, 0.25) is 0 Å². The van der Waals surface area contributed by atoms with Gasteiger partial charge >= 0.3 is 0 Å². The summed E-state index contributed by atoms with van der Waals surface area (Å²) < 4.78 is 0. The molecule has 1 aliphatic carbocycles. The highest BCUT2D eigenvalue weighted by Crippen LogP contribution is 2.29. The standard InChI is InChI=1S/C18H30N2/c1-14(2)19-13-16-8-10-17(11-9-16)20(4)18-7-5-6-15(3)12-18/h8-11,14-15,18-19H,5-7,12-13H2,1-4H3. The van der Waals surface area contributed by atoms with E-state index in [9.17, 15) is 0 Å². The number of hydrogen-bond acceptors (Lipinski definition) is 2. The quantitative estimate of drug-likeness (QED) is 0.865. The molecule has 1 saturated carbocycles. The van der Waals surface area contributed by atoms with Crippen LogP contribution >= 0.6 is 0 Å². The van der Waals surface area contributed by atoms with Crippen LogP contribution in [0.4, 0.5) is 5.69 Å². The number of benzene rings is 1. The van der Waals surface area contributed by atoms with Gasteiger partial charge in [-0.15, -0.1) is 0 Å². The zero-order valence-electron chi connectivity index (χ0n) is 13.5. The van der Waals surface area contributed by atoms with Crippen molar-refractivity contribution >= 4 is 5.69 Å². The third-order valence-electron chi connectivity index (χ3n) is 4.51. The van der Waals surface area contributed by atoms with Crippen LogP contribution in [0.25, 0.3) is 0 Å². The number of nitrogens with zero attached hydrogens (tertiary/aromatic N) is 1. The van der Waals surface area contributed by atoms with Crippen LogP contribution in [0.1, 0.15) is 52.0 Å². The minimum atomic E-state index is 0.543. The molecule has 20 heavy (non-hydrogen) atoms. The summed E-state index contributed by atoms with van der Waals surface area (Å²) in [4.78, 5) is 2.48. The Balaban J connectivity index is 1.94. The van der Waals surface area contributed by atoms with E-state index in [0.717, 1.165) is 18.5 Å². The Morgan fingerprint density at radius 3 is 2.50 bits per heavy atom. The largest absolute Gasteiger partial charge is 0.372 e. The Labute approximate surface area is 124 Å². The highest BCUT2D eigenvalue weighted by molar-refractivity contribution is 5.48. The van der Waals surface area contributed by atoms with Crippen molar-refractivity contribution in [3.63, 3.8) is 0 Å². The molecule has 1 aromatic rings. The fourth-order valence-corrected chi connectivity index (χ4v) is 3.14. The summed E-state index contributed by atoms with van der Waals surface area (Å²) >= 11 is 0. The molecule has 2 rings (SSSR count). The molecule has 1 aromatic carbocycles. The highest BCUT2D eigenvalue weighted by Gasteiger charge is 2.22. The first-order valence-electron chi connectivity index (χ1n) is 8.11. The second kappa shape index (κ2) is 7.12. The Morgan fingerprint density at radius 2 is 1.90 bits per heavy atom. The van der Waals surface area contributed by atoms with E-state index < -0.39 is 0 Å². The molecule has 0 aromatic heterocycles. The molecule has 1 N–H and O–H groups in total. The number of anilines is 1. The Bertz CT molecular complexity index is 396. The molecule has 2 atom stereocenters. The van der Waals surface area contributed by atoms with Gasteiger partial charge < -0.3 is 10.2 Å². The number of nitrogens with one attached hydrogen (secondary N) is 1. The summed E-state index contributed by atoms with van der Waals surface area (Å²) in [5.74, 6) is 0.880. The van der Waals surface area contributed by atoms with Gasteiger partial charge in [-0.25, -0.2) is 0 Å². The van der Waals surface area contributed by atoms with Crippen molar-refractivity contribution in [3.05, 3.63) is 29.8 Å². The smallest absolute Gasteiger partial charge is 0.0366 e. The van der Waals surface area contributed by atoms with Crippen molar-refractivity contribution in [1.29, 1.82) is 0 Å². The molecule has 0 amide bonds. The van der Waals surface area contributed by atoms with Gasteiger partial charge in [0.2, 0.25) is 0 Å². The molecule has 0 aliphatic heterocycles. The second-order valence-electron chi connectivity index (χ2n) is 6.74. The zero-order chi connectivity index (χ0) is 14.5. The van der Waals surface area contributed by atoms with Crippen molar-refractivity contribution in [2.24, 2.45) is 5.92 Å². The zero-order valence-corrected chi connectivity index (χ0v) is 13.5. The molecule has 1 aliphatic rings.